The van der Waals surface area contributed by atoms with Gasteiger partial charge in [-0.2, -0.15) is 0 Å². The van der Waals surface area contributed by atoms with Crippen LogP contribution in [-0.4, -0.2) is 29.9 Å². The smallest absolute Gasteiger partial charge is 0.239 e. The molecule has 0 aromatic rings. The maximum Gasteiger partial charge on any atom is 0.239 e. The van der Waals surface area contributed by atoms with E-state index in [1.54, 1.807) is 0 Å². The average Bonchev–Trinajstić information content (AvgIpc) is 2.25. The molecule has 3 nitrogen and oxygen atoms in total. The summed E-state index contributed by atoms with van der Waals surface area (Å²) in [6.45, 7) is 7.89. The predicted octanol–water partition coefficient (Wildman–Crippen LogP) is 2.01. The van der Waals surface area contributed by atoms with Gasteiger partial charge in [0.1, 0.15) is 0 Å². The van der Waals surface area contributed by atoms with Gasteiger partial charge in [-0.05, 0) is 31.6 Å². The summed E-state index contributed by atoms with van der Waals surface area (Å²) in [6, 6.07) is -0.315. The summed E-state index contributed by atoms with van der Waals surface area (Å²) >= 11 is 0. The molecule has 0 aromatic carbocycles. The Balaban J connectivity index is 2.46. The molecule has 1 aliphatic rings. The number of carbonyl (C=O) groups is 1. The first kappa shape index (κ1) is 13.5. The lowest BCUT2D eigenvalue weighted by atomic mass is 9.85. The van der Waals surface area contributed by atoms with Crippen molar-refractivity contribution in [1.82, 2.24) is 4.90 Å². The Morgan fingerprint density at radius 3 is 2.44 bits per heavy atom. The first-order chi connectivity index (χ1) is 7.60. The van der Waals surface area contributed by atoms with Gasteiger partial charge < -0.3 is 10.6 Å². The third-order valence-corrected chi connectivity index (χ3v) is 3.94. The molecule has 94 valence electrons. The largest absolute Gasteiger partial charge is 0.341 e. The molecular formula is C13H26N2O. The summed E-state index contributed by atoms with van der Waals surface area (Å²) < 4.78 is 0. The number of hydrogen-bond donors (Lipinski definition) is 1. The molecule has 16 heavy (non-hydrogen) atoms. The van der Waals surface area contributed by atoms with Crippen LogP contribution in [0.15, 0.2) is 0 Å². The Morgan fingerprint density at radius 2 is 2.06 bits per heavy atom. The first-order valence-electron chi connectivity index (χ1n) is 6.64. The molecule has 3 heteroatoms. The lowest BCUT2D eigenvalue weighted by molar-refractivity contribution is -0.134. The molecule has 0 radical (unpaired) electrons. The van der Waals surface area contributed by atoms with Crippen LogP contribution >= 0.6 is 0 Å². The minimum atomic E-state index is -0.315. The standard InChI is InChI=1S/C13H26N2O/c1-4-10(3)12(14)13(16)15(5-2)9-11-7-6-8-11/h10-12H,4-9,14H2,1-3H3/t10-,12-/m0/s1. The second kappa shape index (κ2) is 6.24. The number of nitrogens with zero attached hydrogens (tertiary/aromatic N) is 1. The van der Waals surface area contributed by atoms with Crippen molar-refractivity contribution in [2.75, 3.05) is 13.1 Å². The van der Waals surface area contributed by atoms with Crippen molar-refractivity contribution < 1.29 is 4.79 Å². The molecule has 0 unspecified atom stereocenters. The van der Waals surface area contributed by atoms with Crippen LogP contribution in [0.25, 0.3) is 0 Å². The van der Waals surface area contributed by atoms with E-state index in [1.165, 1.54) is 19.3 Å². The van der Waals surface area contributed by atoms with Crippen molar-refractivity contribution in [2.24, 2.45) is 17.6 Å². The van der Waals surface area contributed by atoms with Crippen LogP contribution in [-0.2, 0) is 4.79 Å². The lowest BCUT2D eigenvalue weighted by Crippen LogP contribution is -2.49. The van der Waals surface area contributed by atoms with E-state index in [0.717, 1.165) is 25.4 Å². The van der Waals surface area contributed by atoms with Gasteiger partial charge in [-0.25, -0.2) is 0 Å². The second-order valence-electron chi connectivity index (χ2n) is 5.09. The third-order valence-electron chi connectivity index (χ3n) is 3.94. The Labute approximate surface area is 99.4 Å². The van der Waals surface area contributed by atoms with Crippen molar-refractivity contribution in [1.29, 1.82) is 0 Å². The number of likely N-dealkylation sites (N-methyl/N-ethyl adjacent to an activating group) is 1. The highest BCUT2D eigenvalue weighted by Gasteiger charge is 2.27. The van der Waals surface area contributed by atoms with Gasteiger partial charge in [-0.15, -0.1) is 0 Å². The molecule has 2 atom stereocenters. The maximum absolute atomic E-state index is 12.2. The van der Waals surface area contributed by atoms with Crippen molar-refractivity contribution in [3.05, 3.63) is 0 Å². The third kappa shape index (κ3) is 3.21. The topological polar surface area (TPSA) is 46.3 Å². The van der Waals surface area contributed by atoms with Crippen molar-refractivity contribution in [3.63, 3.8) is 0 Å². The fourth-order valence-electron chi connectivity index (χ4n) is 2.07. The van der Waals surface area contributed by atoms with E-state index in [-0.39, 0.29) is 17.9 Å². The number of hydrogen-bond acceptors (Lipinski definition) is 2. The summed E-state index contributed by atoms with van der Waals surface area (Å²) in [6.07, 6.45) is 4.85. The van der Waals surface area contributed by atoms with Gasteiger partial charge in [0.05, 0.1) is 6.04 Å². The van der Waals surface area contributed by atoms with Crippen molar-refractivity contribution in [3.8, 4) is 0 Å². The van der Waals surface area contributed by atoms with E-state index in [4.69, 9.17) is 5.73 Å². The molecule has 0 aliphatic heterocycles. The molecule has 1 saturated carbocycles. The minimum absolute atomic E-state index is 0.142. The first-order valence-corrected chi connectivity index (χ1v) is 6.64. The van der Waals surface area contributed by atoms with Gasteiger partial charge in [0, 0.05) is 13.1 Å². The molecule has 2 N–H and O–H groups in total. The quantitative estimate of drug-likeness (QED) is 0.753. The van der Waals surface area contributed by atoms with E-state index in [1.807, 2.05) is 11.8 Å². The normalized spacial score (nSPS) is 20.0. The lowest BCUT2D eigenvalue weighted by Gasteiger charge is -2.34. The van der Waals surface area contributed by atoms with Crippen LogP contribution in [0, 0.1) is 11.8 Å². The minimum Gasteiger partial charge on any atom is -0.341 e. The van der Waals surface area contributed by atoms with E-state index in [2.05, 4.69) is 13.8 Å². The van der Waals surface area contributed by atoms with Gasteiger partial charge in [0.2, 0.25) is 5.91 Å². The highest BCUT2D eigenvalue weighted by Crippen LogP contribution is 2.27. The molecule has 0 bridgehead atoms. The van der Waals surface area contributed by atoms with Crippen LogP contribution < -0.4 is 5.73 Å². The molecule has 1 amide bonds. The van der Waals surface area contributed by atoms with E-state index in [9.17, 15) is 4.79 Å². The summed E-state index contributed by atoms with van der Waals surface area (Å²) in [5, 5.41) is 0. The molecule has 1 rings (SSSR count). The van der Waals surface area contributed by atoms with Crippen LogP contribution in [0.1, 0.15) is 46.5 Å². The van der Waals surface area contributed by atoms with Gasteiger partial charge in [-0.3, -0.25) is 4.79 Å². The zero-order valence-corrected chi connectivity index (χ0v) is 10.9. The maximum atomic E-state index is 12.2. The van der Waals surface area contributed by atoms with Gasteiger partial charge >= 0.3 is 0 Å². The highest BCUT2D eigenvalue weighted by molar-refractivity contribution is 5.81. The fraction of sp³-hybridized carbons (Fsp3) is 0.923. The highest BCUT2D eigenvalue weighted by atomic mass is 16.2. The Morgan fingerprint density at radius 1 is 1.44 bits per heavy atom. The Hall–Kier alpha value is -0.570. The zero-order chi connectivity index (χ0) is 12.1. The molecule has 0 heterocycles. The van der Waals surface area contributed by atoms with Crippen LogP contribution in [0.3, 0.4) is 0 Å². The van der Waals surface area contributed by atoms with Gasteiger partial charge in [0.25, 0.3) is 0 Å². The van der Waals surface area contributed by atoms with E-state index < -0.39 is 0 Å². The number of nitrogens with two attached hydrogens (primary N) is 1. The van der Waals surface area contributed by atoms with E-state index >= 15 is 0 Å². The summed E-state index contributed by atoms with van der Waals surface area (Å²) in [5.74, 6) is 1.15. The monoisotopic (exact) mass is 226 g/mol. The number of amides is 1. The zero-order valence-electron chi connectivity index (χ0n) is 10.9. The number of carbonyl (C=O) groups excluding carboxylic acids is 1. The van der Waals surface area contributed by atoms with Gasteiger partial charge in [0.15, 0.2) is 0 Å². The van der Waals surface area contributed by atoms with E-state index in [0.29, 0.717) is 0 Å². The summed E-state index contributed by atoms with van der Waals surface area (Å²) in [7, 11) is 0. The molecule has 1 aliphatic carbocycles. The Bertz CT molecular complexity index is 226. The van der Waals surface area contributed by atoms with Crippen LogP contribution in [0.4, 0.5) is 0 Å². The second-order valence-corrected chi connectivity index (χ2v) is 5.09. The van der Waals surface area contributed by atoms with Crippen LogP contribution in [0.5, 0.6) is 0 Å². The average molecular weight is 226 g/mol. The molecule has 0 saturated heterocycles. The van der Waals surface area contributed by atoms with Gasteiger partial charge in [-0.1, -0.05) is 26.7 Å². The molecule has 0 spiro atoms. The van der Waals surface area contributed by atoms with Crippen LogP contribution in [0.2, 0.25) is 0 Å². The molecule has 1 fully saturated rings. The van der Waals surface area contributed by atoms with Crippen molar-refractivity contribution in [2.45, 2.75) is 52.5 Å². The molecular weight excluding hydrogens is 200 g/mol. The predicted molar refractivity (Wildman–Crippen MR) is 67.0 cm³/mol. The Kier molecular flexibility index (Phi) is 5.26. The fourth-order valence-corrected chi connectivity index (χ4v) is 2.07. The molecule has 0 aromatic heterocycles. The number of rotatable bonds is 6. The SMILES string of the molecule is CC[C@H](C)[C@H](N)C(=O)N(CC)CC1CCC1. The summed E-state index contributed by atoms with van der Waals surface area (Å²) in [5.41, 5.74) is 5.99. The van der Waals surface area contributed by atoms with Crippen molar-refractivity contribution >= 4 is 5.91 Å². The summed E-state index contributed by atoms with van der Waals surface area (Å²) in [4.78, 5) is 14.1.